The van der Waals surface area contributed by atoms with Gasteiger partial charge in [-0.2, -0.15) is 5.10 Å². The Morgan fingerprint density at radius 2 is 2.11 bits per heavy atom. The molecule has 0 aliphatic carbocycles. The molecule has 0 saturated carbocycles. The van der Waals surface area contributed by atoms with E-state index in [-0.39, 0.29) is 6.04 Å². The van der Waals surface area contributed by atoms with E-state index in [1.54, 1.807) is 6.20 Å². The molecule has 1 fully saturated rings. The maximum absolute atomic E-state index is 6.46. The minimum atomic E-state index is 0.280. The van der Waals surface area contributed by atoms with Gasteiger partial charge in [0.05, 0.1) is 6.67 Å². The molecular formula is C21H22ClN5S. The molecule has 7 heteroatoms. The molecular weight excluding hydrogens is 390 g/mol. The number of allylic oxidation sites excluding steroid dienone is 1. The van der Waals surface area contributed by atoms with Gasteiger partial charge >= 0.3 is 0 Å². The fraction of sp³-hybridized carbons (Fsp3) is 0.286. The average molecular weight is 412 g/mol. The van der Waals surface area contributed by atoms with Crippen molar-refractivity contribution in [2.24, 2.45) is 0 Å². The van der Waals surface area contributed by atoms with Crippen molar-refractivity contribution in [3.8, 4) is 11.4 Å². The Bertz CT molecular complexity index is 1030. The highest BCUT2D eigenvalue weighted by Crippen LogP contribution is 2.36. The fourth-order valence-corrected chi connectivity index (χ4v) is 4.32. The largest absolute Gasteiger partial charge is 0.296 e. The number of benzene rings is 1. The topological polar surface area (TPSA) is 38.9 Å². The van der Waals surface area contributed by atoms with Gasteiger partial charge in [0.25, 0.3) is 0 Å². The zero-order chi connectivity index (χ0) is 19.5. The van der Waals surface area contributed by atoms with Crippen molar-refractivity contribution in [3.63, 3.8) is 0 Å². The molecule has 1 unspecified atom stereocenters. The van der Waals surface area contributed by atoms with Crippen LogP contribution in [0.15, 0.2) is 61.4 Å². The third kappa shape index (κ3) is 3.68. The first-order chi connectivity index (χ1) is 13.7. The molecule has 0 radical (unpaired) electrons. The van der Waals surface area contributed by atoms with Crippen molar-refractivity contribution in [1.82, 2.24) is 24.2 Å². The van der Waals surface area contributed by atoms with Gasteiger partial charge in [-0.15, -0.1) is 6.58 Å². The van der Waals surface area contributed by atoms with Crippen LogP contribution in [-0.4, -0.2) is 30.8 Å². The zero-order valence-electron chi connectivity index (χ0n) is 15.5. The van der Waals surface area contributed by atoms with Crippen molar-refractivity contribution in [1.29, 1.82) is 0 Å². The molecule has 0 spiro atoms. The number of pyridine rings is 1. The molecule has 0 amide bonds. The molecule has 4 rings (SSSR count). The molecule has 144 valence electrons. The lowest BCUT2D eigenvalue weighted by molar-refractivity contribution is 0.190. The summed E-state index contributed by atoms with van der Waals surface area (Å²) >= 11 is 12.2. The van der Waals surface area contributed by atoms with Crippen LogP contribution in [-0.2, 0) is 13.2 Å². The molecule has 28 heavy (non-hydrogen) atoms. The molecule has 1 aliphatic heterocycles. The van der Waals surface area contributed by atoms with Crippen molar-refractivity contribution in [2.75, 3.05) is 6.54 Å². The molecule has 3 heterocycles. The van der Waals surface area contributed by atoms with E-state index in [0.717, 1.165) is 35.8 Å². The van der Waals surface area contributed by atoms with Gasteiger partial charge < -0.3 is 0 Å². The van der Waals surface area contributed by atoms with Gasteiger partial charge in [-0.3, -0.25) is 14.5 Å². The quantitative estimate of drug-likeness (QED) is 0.417. The Morgan fingerprint density at radius 3 is 2.86 bits per heavy atom. The number of nitrogens with zero attached hydrogens (tertiary/aromatic N) is 5. The number of halogens is 1. The standard InChI is InChI=1S/C21H22ClN5S/c1-2-12-26-20(16-7-5-11-23-14-16)24-27(21(26)28)15-25-13-6-10-19(25)17-8-3-4-9-18(17)22/h2-5,7-9,11,14,19H,1,6,10,12-13,15H2. The summed E-state index contributed by atoms with van der Waals surface area (Å²) in [7, 11) is 0. The first-order valence-corrected chi connectivity index (χ1v) is 10.1. The van der Waals surface area contributed by atoms with Gasteiger partial charge in [-0.25, -0.2) is 4.68 Å². The lowest BCUT2D eigenvalue weighted by Gasteiger charge is -2.25. The average Bonchev–Trinajstić information content (AvgIpc) is 3.29. The maximum Gasteiger partial charge on any atom is 0.199 e. The van der Waals surface area contributed by atoms with Gasteiger partial charge in [-0.05, 0) is 48.8 Å². The summed E-state index contributed by atoms with van der Waals surface area (Å²) in [6, 6.07) is 12.3. The molecule has 1 saturated heterocycles. The summed E-state index contributed by atoms with van der Waals surface area (Å²) in [5.74, 6) is 0.812. The van der Waals surface area contributed by atoms with Crippen molar-refractivity contribution >= 4 is 23.8 Å². The predicted molar refractivity (Wildman–Crippen MR) is 115 cm³/mol. The van der Waals surface area contributed by atoms with Gasteiger partial charge in [0.15, 0.2) is 10.6 Å². The van der Waals surface area contributed by atoms with E-state index in [2.05, 4.69) is 22.5 Å². The first-order valence-electron chi connectivity index (χ1n) is 9.36. The number of hydrogen-bond acceptors (Lipinski definition) is 4. The Balaban J connectivity index is 1.67. The summed E-state index contributed by atoms with van der Waals surface area (Å²) in [5.41, 5.74) is 2.12. The summed E-state index contributed by atoms with van der Waals surface area (Å²) in [6.45, 7) is 6.09. The van der Waals surface area contributed by atoms with Crippen LogP contribution in [0.1, 0.15) is 24.4 Å². The number of likely N-dealkylation sites (tertiary alicyclic amines) is 1. The van der Waals surface area contributed by atoms with Crippen LogP contribution < -0.4 is 0 Å². The van der Waals surface area contributed by atoms with Crippen molar-refractivity contribution in [2.45, 2.75) is 32.1 Å². The molecule has 1 aromatic carbocycles. The molecule has 0 N–H and O–H groups in total. The predicted octanol–water partition coefficient (Wildman–Crippen LogP) is 5.11. The zero-order valence-corrected chi connectivity index (χ0v) is 17.1. The van der Waals surface area contributed by atoms with Gasteiger partial charge in [0, 0.05) is 42.1 Å². The van der Waals surface area contributed by atoms with E-state index in [1.165, 1.54) is 5.56 Å². The van der Waals surface area contributed by atoms with Crippen LogP contribution in [0, 0.1) is 4.77 Å². The fourth-order valence-electron chi connectivity index (χ4n) is 3.80. The Kier molecular flexibility index (Phi) is 5.71. The van der Waals surface area contributed by atoms with E-state index < -0.39 is 0 Å². The second kappa shape index (κ2) is 8.39. The molecule has 3 aromatic rings. The summed E-state index contributed by atoms with van der Waals surface area (Å²) < 4.78 is 4.58. The monoisotopic (exact) mass is 411 g/mol. The molecule has 2 aromatic heterocycles. The second-order valence-corrected chi connectivity index (χ2v) is 7.65. The Morgan fingerprint density at radius 1 is 1.25 bits per heavy atom. The minimum Gasteiger partial charge on any atom is -0.296 e. The van der Waals surface area contributed by atoms with Gasteiger partial charge in [0.2, 0.25) is 0 Å². The Hall–Kier alpha value is -2.28. The van der Waals surface area contributed by atoms with E-state index >= 15 is 0 Å². The smallest absolute Gasteiger partial charge is 0.199 e. The highest BCUT2D eigenvalue weighted by molar-refractivity contribution is 7.71. The molecule has 1 aliphatic rings. The SMILES string of the molecule is C=CCn1c(-c2cccnc2)nn(CN2CCCC2c2ccccc2Cl)c1=S. The number of rotatable bonds is 6. The van der Waals surface area contributed by atoms with Crippen molar-refractivity contribution in [3.05, 3.63) is 76.8 Å². The van der Waals surface area contributed by atoms with E-state index in [4.69, 9.17) is 28.9 Å². The molecule has 0 bridgehead atoms. The van der Waals surface area contributed by atoms with Crippen LogP contribution in [0.2, 0.25) is 5.02 Å². The van der Waals surface area contributed by atoms with Gasteiger partial charge in [0.1, 0.15) is 0 Å². The molecule has 1 atom stereocenters. The van der Waals surface area contributed by atoms with E-state index in [1.807, 2.05) is 51.9 Å². The van der Waals surface area contributed by atoms with Crippen LogP contribution in [0.4, 0.5) is 0 Å². The molecule has 5 nitrogen and oxygen atoms in total. The number of hydrogen-bond donors (Lipinski definition) is 0. The van der Waals surface area contributed by atoms with E-state index in [0.29, 0.717) is 18.0 Å². The second-order valence-electron chi connectivity index (χ2n) is 6.88. The first kappa shape index (κ1) is 19.1. The minimum absolute atomic E-state index is 0.280. The lowest BCUT2D eigenvalue weighted by Crippen LogP contribution is -2.27. The van der Waals surface area contributed by atoms with Crippen LogP contribution in [0.5, 0.6) is 0 Å². The normalized spacial score (nSPS) is 17.1. The summed E-state index contributed by atoms with van der Waals surface area (Å²) in [5, 5.41) is 5.64. The Labute approximate surface area is 174 Å². The van der Waals surface area contributed by atoms with Gasteiger partial charge in [-0.1, -0.05) is 35.9 Å². The third-order valence-electron chi connectivity index (χ3n) is 5.10. The van der Waals surface area contributed by atoms with Crippen LogP contribution in [0.3, 0.4) is 0 Å². The highest BCUT2D eigenvalue weighted by atomic mass is 35.5. The number of aromatic nitrogens is 4. The maximum atomic E-state index is 6.46. The summed E-state index contributed by atoms with van der Waals surface area (Å²) in [6.07, 6.45) is 7.62. The van der Waals surface area contributed by atoms with Crippen LogP contribution in [0.25, 0.3) is 11.4 Å². The van der Waals surface area contributed by atoms with Crippen LogP contribution >= 0.6 is 23.8 Å². The third-order valence-corrected chi connectivity index (χ3v) is 5.87. The van der Waals surface area contributed by atoms with Crippen molar-refractivity contribution < 1.29 is 0 Å². The summed E-state index contributed by atoms with van der Waals surface area (Å²) in [4.78, 5) is 6.62. The lowest BCUT2D eigenvalue weighted by atomic mass is 10.0. The van der Waals surface area contributed by atoms with E-state index in [9.17, 15) is 0 Å². The highest BCUT2D eigenvalue weighted by Gasteiger charge is 2.28.